The number of hydrogen-bond acceptors (Lipinski definition) is 5. The summed E-state index contributed by atoms with van der Waals surface area (Å²) >= 11 is 7.04. The van der Waals surface area contributed by atoms with Crippen molar-refractivity contribution in [3.8, 4) is 11.5 Å². The number of ether oxygens (including phenoxy) is 2. The molecule has 0 fully saturated rings. The summed E-state index contributed by atoms with van der Waals surface area (Å²) in [5, 5.41) is 2.46. The molecule has 26 heavy (non-hydrogen) atoms. The molecule has 2 aromatic carbocycles. The van der Waals surface area contributed by atoms with Gasteiger partial charge in [-0.25, -0.2) is 0 Å². The van der Waals surface area contributed by atoms with Gasteiger partial charge in [0, 0.05) is 3.57 Å². The summed E-state index contributed by atoms with van der Waals surface area (Å²) < 4.78 is 11.3. The highest BCUT2D eigenvalue weighted by Gasteiger charge is 2.11. The number of carbonyl (C=O) groups excluding carboxylic acids is 2. The summed E-state index contributed by atoms with van der Waals surface area (Å²) in [6, 6.07) is 14.0. The number of halogens is 1. The first-order chi connectivity index (χ1) is 12.5. The maximum absolute atomic E-state index is 12.1. The van der Waals surface area contributed by atoms with Crippen LogP contribution in [0.5, 0.6) is 11.5 Å². The zero-order valence-corrected chi connectivity index (χ0v) is 16.7. The second-order valence-electron chi connectivity index (χ2n) is 4.88. The number of benzene rings is 2. The van der Waals surface area contributed by atoms with E-state index >= 15 is 0 Å². The Bertz CT molecular complexity index is 816. The highest BCUT2D eigenvalue weighted by Crippen LogP contribution is 2.25. The fourth-order valence-electron chi connectivity index (χ4n) is 1.89. The minimum atomic E-state index is -0.471. The summed E-state index contributed by atoms with van der Waals surface area (Å²) in [5.41, 5.74) is 5.29. The van der Waals surface area contributed by atoms with E-state index in [2.05, 4.69) is 38.8 Å². The summed E-state index contributed by atoms with van der Waals surface area (Å²) in [4.78, 5) is 23.9. The molecule has 0 heterocycles. The van der Waals surface area contributed by atoms with Crippen molar-refractivity contribution in [3.63, 3.8) is 0 Å². The Morgan fingerprint density at radius 1 is 1.04 bits per heavy atom. The SMILES string of the molecule is COc1ccccc1OCC(=O)NNC(=S)NC(=O)c1ccccc1I. The van der Waals surface area contributed by atoms with Gasteiger partial charge in [-0.05, 0) is 59.1 Å². The number of methoxy groups -OCH3 is 1. The Balaban J connectivity index is 1.77. The molecule has 0 spiro atoms. The molecule has 2 rings (SSSR count). The predicted molar refractivity (Wildman–Crippen MR) is 109 cm³/mol. The summed E-state index contributed by atoms with van der Waals surface area (Å²) in [6.07, 6.45) is 0. The van der Waals surface area contributed by atoms with Crippen LogP contribution in [-0.2, 0) is 4.79 Å². The number of thiocarbonyl (C=S) groups is 1. The first-order valence-electron chi connectivity index (χ1n) is 7.41. The molecule has 0 atom stereocenters. The van der Waals surface area contributed by atoms with Gasteiger partial charge in [0.25, 0.3) is 11.8 Å². The van der Waals surface area contributed by atoms with Gasteiger partial charge in [-0.15, -0.1) is 0 Å². The molecule has 2 amide bonds. The lowest BCUT2D eigenvalue weighted by Crippen LogP contribution is -2.49. The molecule has 136 valence electrons. The third-order valence-corrected chi connectivity index (χ3v) is 4.23. The number of carbonyl (C=O) groups is 2. The van der Waals surface area contributed by atoms with Crippen molar-refractivity contribution < 1.29 is 19.1 Å². The van der Waals surface area contributed by atoms with Gasteiger partial charge >= 0.3 is 0 Å². The lowest BCUT2D eigenvalue weighted by atomic mass is 10.2. The first kappa shape index (κ1) is 19.9. The lowest BCUT2D eigenvalue weighted by Gasteiger charge is -2.13. The maximum Gasteiger partial charge on any atom is 0.276 e. The average Bonchev–Trinajstić information content (AvgIpc) is 2.65. The minimum Gasteiger partial charge on any atom is -0.493 e. The Labute approximate surface area is 169 Å². The van der Waals surface area contributed by atoms with E-state index in [4.69, 9.17) is 21.7 Å². The summed E-state index contributed by atoms with van der Waals surface area (Å²) in [6.45, 7) is -0.249. The van der Waals surface area contributed by atoms with Gasteiger partial charge in [0.15, 0.2) is 23.2 Å². The highest BCUT2D eigenvalue weighted by molar-refractivity contribution is 14.1. The number of hydrazine groups is 1. The Morgan fingerprint density at radius 3 is 2.38 bits per heavy atom. The van der Waals surface area contributed by atoms with Gasteiger partial charge in [-0.1, -0.05) is 24.3 Å². The van der Waals surface area contributed by atoms with Crippen molar-refractivity contribution in [1.29, 1.82) is 0 Å². The quantitative estimate of drug-likeness (QED) is 0.341. The molecule has 0 radical (unpaired) electrons. The average molecular weight is 485 g/mol. The molecule has 0 unspecified atom stereocenters. The first-order valence-corrected chi connectivity index (χ1v) is 8.90. The normalized spacial score (nSPS) is 9.77. The zero-order valence-electron chi connectivity index (χ0n) is 13.7. The number of nitrogens with one attached hydrogen (secondary N) is 3. The van der Waals surface area contributed by atoms with Crippen LogP contribution in [-0.4, -0.2) is 30.6 Å². The van der Waals surface area contributed by atoms with E-state index in [-0.39, 0.29) is 17.6 Å². The molecule has 0 aliphatic rings. The van der Waals surface area contributed by atoms with Gasteiger partial charge in [0.2, 0.25) is 0 Å². The predicted octanol–water partition coefficient (Wildman–Crippen LogP) is 2.01. The monoisotopic (exact) mass is 485 g/mol. The second kappa shape index (κ2) is 9.92. The number of hydrogen-bond donors (Lipinski definition) is 3. The third-order valence-electron chi connectivity index (χ3n) is 3.09. The summed E-state index contributed by atoms with van der Waals surface area (Å²) in [7, 11) is 1.51. The van der Waals surface area contributed by atoms with Crippen LogP contribution in [0.25, 0.3) is 0 Å². The van der Waals surface area contributed by atoms with Crippen molar-refractivity contribution in [1.82, 2.24) is 16.2 Å². The van der Waals surface area contributed by atoms with Crippen molar-refractivity contribution in [2.24, 2.45) is 0 Å². The van der Waals surface area contributed by atoms with Crippen LogP contribution < -0.4 is 25.6 Å². The molecular formula is C17H16IN3O4S. The Kier molecular flexibility index (Phi) is 7.60. The second-order valence-corrected chi connectivity index (χ2v) is 6.45. The molecule has 0 aliphatic heterocycles. The van der Waals surface area contributed by atoms with E-state index in [0.717, 1.165) is 3.57 Å². The Hall–Kier alpha value is -2.40. The van der Waals surface area contributed by atoms with Gasteiger partial charge in [-0.2, -0.15) is 0 Å². The molecule has 7 nitrogen and oxygen atoms in total. The summed E-state index contributed by atoms with van der Waals surface area (Å²) in [5.74, 6) is 0.127. The smallest absolute Gasteiger partial charge is 0.276 e. The fourth-order valence-corrected chi connectivity index (χ4v) is 2.67. The number of para-hydroxylation sites is 2. The molecule has 0 saturated carbocycles. The molecule has 0 aliphatic carbocycles. The van der Waals surface area contributed by atoms with Gasteiger partial charge in [0.1, 0.15) is 0 Å². The van der Waals surface area contributed by atoms with Crippen molar-refractivity contribution in [2.75, 3.05) is 13.7 Å². The van der Waals surface area contributed by atoms with Crippen molar-refractivity contribution in [3.05, 3.63) is 57.7 Å². The van der Waals surface area contributed by atoms with Crippen LogP contribution in [0.3, 0.4) is 0 Å². The minimum absolute atomic E-state index is 0.0275. The standard InChI is InChI=1S/C17H16IN3O4S/c1-24-13-8-4-5-9-14(13)25-10-15(22)20-21-17(26)19-16(23)11-6-2-3-7-12(11)18/h2-9H,10H2,1H3,(H,20,22)(H2,19,21,23,26). The van der Waals surface area contributed by atoms with Crippen molar-refractivity contribution >= 4 is 51.7 Å². The van der Waals surface area contributed by atoms with Crippen molar-refractivity contribution in [2.45, 2.75) is 0 Å². The van der Waals surface area contributed by atoms with Crippen LogP contribution >= 0.6 is 34.8 Å². The highest BCUT2D eigenvalue weighted by atomic mass is 127. The van der Waals surface area contributed by atoms with Gasteiger partial charge in [-0.3, -0.25) is 25.8 Å². The van der Waals surface area contributed by atoms with Crippen LogP contribution in [0, 0.1) is 3.57 Å². The number of rotatable bonds is 5. The molecule has 3 N–H and O–H groups in total. The van der Waals surface area contributed by atoms with Crippen LogP contribution in [0.1, 0.15) is 10.4 Å². The maximum atomic E-state index is 12.1. The molecule has 9 heteroatoms. The van der Waals surface area contributed by atoms with E-state index in [1.807, 2.05) is 12.1 Å². The van der Waals surface area contributed by atoms with Crippen LogP contribution in [0.4, 0.5) is 0 Å². The number of amides is 2. The van der Waals surface area contributed by atoms with E-state index in [9.17, 15) is 9.59 Å². The van der Waals surface area contributed by atoms with Crippen LogP contribution in [0.15, 0.2) is 48.5 Å². The fraction of sp³-hybridized carbons (Fsp3) is 0.118. The van der Waals surface area contributed by atoms with E-state index < -0.39 is 5.91 Å². The van der Waals surface area contributed by atoms with Gasteiger partial charge < -0.3 is 9.47 Å². The third kappa shape index (κ3) is 5.85. The van der Waals surface area contributed by atoms with Gasteiger partial charge in [0.05, 0.1) is 12.7 Å². The molecule has 0 saturated heterocycles. The van der Waals surface area contributed by atoms with E-state index in [0.29, 0.717) is 17.1 Å². The topological polar surface area (TPSA) is 88.7 Å². The van der Waals surface area contributed by atoms with E-state index in [1.54, 1.807) is 36.4 Å². The van der Waals surface area contributed by atoms with E-state index in [1.165, 1.54) is 7.11 Å². The van der Waals surface area contributed by atoms with Crippen LogP contribution in [0.2, 0.25) is 0 Å². The lowest BCUT2D eigenvalue weighted by molar-refractivity contribution is -0.123. The molecule has 0 bridgehead atoms. The molecule has 0 aromatic heterocycles. The molecule has 2 aromatic rings. The largest absolute Gasteiger partial charge is 0.493 e. The molecular weight excluding hydrogens is 469 g/mol. The zero-order chi connectivity index (χ0) is 18.9. The Morgan fingerprint density at radius 2 is 1.69 bits per heavy atom.